The van der Waals surface area contributed by atoms with E-state index in [4.69, 9.17) is 9.47 Å². The van der Waals surface area contributed by atoms with Gasteiger partial charge >= 0.3 is 0 Å². The Hall–Kier alpha value is -0.600. The number of allylic oxidation sites excluding steroid dienone is 4. The first kappa shape index (κ1) is 27.4. The standard InChI is InChI=1S/C26H50O2/c1-4-7-10-11-12-13-14-15-16-17-18-19-20-21-22-23-26(27-24-8-5-2)28-25-9-6-3/h7,10-12,26H,4-6,8-9,13-25H2,1-3H3. The van der Waals surface area contributed by atoms with E-state index in [1.165, 1.54) is 77.0 Å². The van der Waals surface area contributed by atoms with Crippen LogP contribution in [-0.4, -0.2) is 19.5 Å². The first-order valence-corrected chi connectivity index (χ1v) is 12.4. The lowest BCUT2D eigenvalue weighted by Crippen LogP contribution is -2.18. The van der Waals surface area contributed by atoms with Gasteiger partial charge in [0.15, 0.2) is 6.29 Å². The normalized spacial score (nSPS) is 12.1. The van der Waals surface area contributed by atoms with Gasteiger partial charge in [-0.05, 0) is 44.9 Å². The molecule has 0 unspecified atom stereocenters. The summed E-state index contributed by atoms with van der Waals surface area (Å²) in [5.74, 6) is 0. The van der Waals surface area contributed by atoms with Gasteiger partial charge in [-0.25, -0.2) is 0 Å². The molecule has 2 nitrogen and oxygen atoms in total. The Morgan fingerprint density at radius 3 is 1.61 bits per heavy atom. The van der Waals surface area contributed by atoms with Gasteiger partial charge < -0.3 is 9.47 Å². The molecule has 0 spiro atoms. The van der Waals surface area contributed by atoms with Gasteiger partial charge in [0.1, 0.15) is 0 Å². The smallest absolute Gasteiger partial charge is 0.157 e. The number of hydrogen-bond donors (Lipinski definition) is 0. The van der Waals surface area contributed by atoms with Crippen molar-refractivity contribution in [1.82, 2.24) is 0 Å². The number of ether oxygens (including phenoxy) is 2. The van der Waals surface area contributed by atoms with Crippen LogP contribution in [-0.2, 0) is 9.47 Å². The number of hydrogen-bond acceptors (Lipinski definition) is 2. The van der Waals surface area contributed by atoms with Crippen LogP contribution in [0.5, 0.6) is 0 Å². The fourth-order valence-corrected chi connectivity index (χ4v) is 3.13. The highest BCUT2D eigenvalue weighted by molar-refractivity contribution is 5.01. The topological polar surface area (TPSA) is 18.5 Å². The van der Waals surface area contributed by atoms with E-state index in [1.807, 2.05) is 0 Å². The van der Waals surface area contributed by atoms with Crippen molar-refractivity contribution in [2.75, 3.05) is 13.2 Å². The highest BCUT2D eigenvalue weighted by atomic mass is 16.7. The average Bonchev–Trinajstić information content (AvgIpc) is 2.70. The molecular weight excluding hydrogens is 344 g/mol. The maximum Gasteiger partial charge on any atom is 0.157 e. The van der Waals surface area contributed by atoms with E-state index >= 15 is 0 Å². The van der Waals surface area contributed by atoms with Crippen molar-refractivity contribution >= 4 is 0 Å². The second-order valence-electron chi connectivity index (χ2n) is 7.90. The first-order chi connectivity index (χ1) is 13.8. The molecule has 2 heteroatoms. The largest absolute Gasteiger partial charge is 0.353 e. The summed E-state index contributed by atoms with van der Waals surface area (Å²) in [6, 6.07) is 0. The van der Waals surface area contributed by atoms with Gasteiger partial charge in [-0.15, -0.1) is 0 Å². The lowest BCUT2D eigenvalue weighted by Gasteiger charge is -2.18. The third-order valence-corrected chi connectivity index (χ3v) is 5.03. The van der Waals surface area contributed by atoms with Gasteiger partial charge in [0.25, 0.3) is 0 Å². The molecule has 0 saturated carbocycles. The van der Waals surface area contributed by atoms with Crippen LogP contribution >= 0.6 is 0 Å². The fraction of sp³-hybridized carbons (Fsp3) is 0.846. The zero-order valence-corrected chi connectivity index (χ0v) is 19.4. The van der Waals surface area contributed by atoms with Crippen molar-refractivity contribution in [3.63, 3.8) is 0 Å². The molecule has 0 bridgehead atoms. The molecule has 0 aliphatic heterocycles. The fourth-order valence-electron chi connectivity index (χ4n) is 3.13. The SMILES string of the molecule is CCC=CC=CCCCCCCCCCCCC(OCCCC)OCCCC. The molecule has 0 aromatic carbocycles. The summed E-state index contributed by atoms with van der Waals surface area (Å²) in [7, 11) is 0. The molecule has 0 amide bonds. The lowest BCUT2D eigenvalue weighted by atomic mass is 10.1. The van der Waals surface area contributed by atoms with Gasteiger partial charge in [-0.2, -0.15) is 0 Å². The van der Waals surface area contributed by atoms with Crippen molar-refractivity contribution in [2.45, 2.75) is 130 Å². The van der Waals surface area contributed by atoms with E-state index in [0.29, 0.717) is 0 Å². The molecule has 0 aliphatic carbocycles. The lowest BCUT2D eigenvalue weighted by molar-refractivity contribution is -0.147. The maximum atomic E-state index is 5.92. The minimum absolute atomic E-state index is 0.0320. The second kappa shape index (κ2) is 24.4. The van der Waals surface area contributed by atoms with E-state index in [2.05, 4.69) is 45.1 Å². The Morgan fingerprint density at radius 2 is 1.07 bits per heavy atom. The summed E-state index contributed by atoms with van der Waals surface area (Å²) >= 11 is 0. The third-order valence-electron chi connectivity index (χ3n) is 5.03. The predicted octanol–water partition coefficient (Wildman–Crippen LogP) is 8.76. The van der Waals surface area contributed by atoms with Crippen molar-refractivity contribution < 1.29 is 9.47 Å². The molecule has 0 N–H and O–H groups in total. The highest BCUT2D eigenvalue weighted by Gasteiger charge is 2.08. The molecule has 0 aromatic heterocycles. The molecule has 166 valence electrons. The molecule has 0 aromatic rings. The first-order valence-electron chi connectivity index (χ1n) is 12.4. The summed E-state index contributed by atoms with van der Waals surface area (Å²) in [4.78, 5) is 0. The monoisotopic (exact) mass is 394 g/mol. The molecule has 0 radical (unpaired) electrons. The third kappa shape index (κ3) is 21.7. The number of rotatable bonds is 22. The molecule has 28 heavy (non-hydrogen) atoms. The number of unbranched alkanes of at least 4 members (excludes halogenated alkanes) is 11. The van der Waals surface area contributed by atoms with Crippen LogP contribution in [0.15, 0.2) is 24.3 Å². The minimum atomic E-state index is 0.0320. The van der Waals surface area contributed by atoms with Gasteiger partial charge in [-0.3, -0.25) is 0 Å². The molecule has 0 heterocycles. The van der Waals surface area contributed by atoms with Gasteiger partial charge in [0.2, 0.25) is 0 Å². The van der Waals surface area contributed by atoms with Gasteiger partial charge in [0, 0.05) is 13.2 Å². The Balaban J connectivity index is 3.46. The van der Waals surface area contributed by atoms with E-state index in [1.54, 1.807) is 0 Å². The molecule has 0 rings (SSSR count). The van der Waals surface area contributed by atoms with Crippen molar-refractivity contribution in [3.05, 3.63) is 24.3 Å². The predicted molar refractivity (Wildman–Crippen MR) is 125 cm³/mol. The van der Waals surface area contributed by atoms with Crippen molar-refractivity contribution in [2.24, 2.45) is 0 Å². The summed E-state index contributed by atoms with van der Waals surface area (Å²) in [5.41, 5.74) is 0. The quantitative estimate of drug-likeness (QED) is 0.104. The Bertz CT molecular complexity index is 325. The van der Waals surface area contributed by atoms with Crippen LogP contribution in [0.2, 0.25) is 0 Å². The van der Waals surface area contributed by atoms with Crippen LogP contribution in [0.3, 0.4) is 0 Å². The summed E-state index contributed by atoms with van der Waals surface area (Å²) in [6.45, 7) is 8.28. The van der Waals surface area contributed by atoms with E-state index in [0.717, 1.165) is 38.9 Å². The minimum Gasteiger partial charge on any atom is -0.353 e. The van der Waals surface area contributed by atoms with E-state index in [9.17, 15) is 0 Å². The summed E-state index contributed by atoms with van der Waals surface area (Å²) in [6.07, 6.45) is 29.2. The molecule has 0 aliphatic rings. The van der Waals surface area contributed by atoms with Crippen LogP contribution in [0.1, 0.15) is 124 Å². The highest BCUT2D eigenvalue weighted by Crippen LogP contribution is 2.14. The Labute approximate surface area is 177 Å². The second-order valence-corrected chi connectivity index (χ2v) is 7.90. The summed E-state index contributed by atoms with van der Waals surface area (Å²) in [5, 5.41) is 0. The summed E-state index contributed by atoms with van der Waals surface area (Å²) < 4.78 is 11.8. The Kier molecular flexibility index (Phi) is 23.9. The van der Waals surface area contributed by atoms with E-state index < -0.39 is 0 Å². The molecular formula is C26H50O2. The van der Waals surface area contributed by atoms with E-state index in [-0.39, 0.29) is 6.29 Å². The average molecular weight is 395 g/mol. The van der Waals surface area contributed by atoms with Crippen LogP contribution in [0, 0.1) is 0 Å². The molecule has 0 atom stereocenters. The van der Waals surface area contributed by atoms with Gasteiger partial charge in [0.05, 0.1) is 0 Å². The van der Waals surface area contributed by atoms with Crippen molar-refractivity contribution in [3.8, 4) is 0 Å². The van der Waals surface area contributed by atoms with Gasteiger partial charge in [-0.1, -0.05) is 103 Å². The van der Waals surface area contributed by atoms with Crippen LogP contribution in [0.4, 0.5) is 0 Å². The molecule has 0 saturated heterocycles. The van der Waals surface area contributed by atoms with Crippen molar-refractivity contribution in [1.29, 1.82) is 0 Å². The Morgan fingerprint density at radius 1 is 0.571 bits per heavy atom. The zero-order chi connectivity index (χ0) is 20.5. The van der Waals surface area contributed by atoms with Crippen LogP contribution in [0.25, 0.3) is 0 Å². The van der Waals surface area contributed by atoms with Crippen LogP contribution < -0.4 is 0 Å². The molecule has 0 fully saturated rings. The zero-order valence-electron chi connectivity index (χ0n) is 19.4. The maximum absolute atomic E-state index is 5.92.